The number of ether oxygens (including phenoxy) is 1. The zero-order valence-corrected chi connectivity index (χ0v) is 20.2. The number of amides is 1. The van der Waals surface area contributed by atoms with Crippen molar-refractivity contribution in [2.24, 2.45) is 0 Å². The van der Waals surface area contributed by atoms with Gasteiger partial charge in [-0.2, -0.15) is 0 Å². The second-order valence-electron chi connectivity index (χ2n) is 7.48. The standard InChI is InChI=1S/C24H24ClFN2O4S/c1-16-12-13-17(33(30,31)28(3)22-10-5-6-11-23(22)32-4)14-18(16)24(29)27(2)15-19-20(25)8-7-9-21(19)26/h5-14H,15H2,1-4H3. The molecule has 3 aromatic rings. The fourth-order valence-electron chi connectivity index (χ4n) is 3.37. The Morgan fingerprint density at radius 1 is 1.06 bits per heavy atom. The summed E-state index contributed by atoms with van der Waals surface area (Å²) in [7, 11) is 0.388. The molecular formula is C24H24ClFN2O4S. The number of sulfonamides is 1. The molecule has 0 radical (unpaired) electrons. The van der Waals surface area contributed by atoms with Crippen LogP contribution in [-0.2, 0) is 16.6 Å². The Bertz CT molecular complexity index is 1280. The summed E-state index contributed by atoms with van der Waals surface area (Å²) in [5.41, 5.74) is 1.33. The number of nitrogens with zero attached hydrogens (tertiary/aromatic N) is 2. The summed E-state index contributed by atoms with van der Waals surface area (Å²) in [5, 5.41) is 0.209. The largest absolute Gasteiger partial charge is 0.495 e. The first-order chi connectivity index (χ1) is 15.6. The van der Waals surface area contributed by atoms with Crippen LogP contribution in [0, 0.1) is 12.7 Å². The predicted octanol–water partition coefficient (Wildman–Crippen LogP) is 4.89. The van der Waals surface area contributed by atoms with Crippen LogP contribution in [0.15, 0.2) is 65.6 Å². The second-order valence-corrected chi connectivity index (χ2v) is 9.86. The maximum atomic E-state index is 14.2. The van der Waals surface area contributed by atoms with Gasteiger partial charge < -0.3 is 9.64 Å². The molecule has 0 saturated heterocycles. The second kappa shape index (κ2) is 9.80. The zero-order valence-electron chi connectivity index (χ0n) is 18.7. The number of carbonyl (C=O) groups excluding carboxylic acids is 1. The molecule has 0 heterocycles. The van der Waals surface area contributed by atoms with E-state index >= 15 is 0 Å². The molecule has 6 nitrogen and oxygen atoms in total. The van der Waals surface area contributed by atoms with Crippen LogP contribution in [0.2, 0.25) is 5.02 Å². The normalized spacial score (nSPS) is 11.2. The molecule has 0 aromatic heterocycles. The van der Waals surface area contributed by atoms with E-state index in [1.807, 2.05) is 0 Å². The van der Waals surface area contributed by atoms with Crippen molar-refractivity contribution in [3.63, 3.8) is 0 Å². The molecule has 0 spiro atoms. The van der Waals surface area contributed by atoms with Gasteiger partial charge in [-0.05, 0) is 48.9 Å². The first-order valence-electron chi connectivity index (χ1n) is 9.99. The Kier molecular flexibility index (Phi) is 7.29. The van der Waals surface area contributed by atoms with Crippen LogP contribution in [0.5, 0.6) is 5.75 Å². The molecule has 3 aromatic carbocycles. The minimum absolute atomic E-state index is 0.0535. The molecule has 0 atom stereocenters. The summed E-state index contributed by atoms with van der Waals surface area (Å²) in [6, 6.07) is 15.4. The topological polar surface area (TPSA) is 66.9 Å². The smallest absolute Gasteiger partial charge is 0.264 e. The number of anilines is 1. The molecule has 0 aliphatic rings. The third kappa shape index (κ3) is 4.96. The quantitative estimate of drug-likeness (QED) is 0.472. The van der Waals surface area contributed by atoms with Crippen LogP contribution in [0.25, 0.3) is 0 Å². The van der Waals surface area contributed by atoms with Crippen LogP contribution in [-0.4, -0.2) is 40.4 Å². The Morgan fingerprint density at radius 3 is 2.42 bits per heavy atom. The van der Waals surface area contributed by atoms with E-state index in [1.165, 1.54) is 50.4 Å². The molecule has 0 N–H and O–H groups in total. The van der Waals surface area contributed by atoms with Gasteiger partial charge in [-0.25, -0.2) is 12.8 Å². The zero-order chi connectivity index (χ0) is 24.3. The Morgan fingerprint density at radius 2 is 1.76 bits per heavy atom. The maximum Gasteiger partial charge on any atom is 0.264 e. The number of carbonyl (C=O) groups is 1. The average Bonchev–Trinajstić information content (AvgIpc) is 2.80. The van der Waals surface area contributed by atoms with E-state index in [0.717, 1.165) is 4.31 Å². The molecule has 33 heavy (non-hydrogen) atoms. The number of hydrogen-bond donors (Lipinski definition) is 0. The molecule has 0 fully saturated rings. The number of halogens is 2. The maximum absolute atomic E-state index is 14.2. The molecular weight excluding hydrogens is 467 g/mol. The fraction of sp³-hybridized carbons (Fsp3) is 0.208. The molecule has 3 rings (SSSR count). The van der Waals surface area contributed by atoms with Crippen LogP contribution in [0.1, 0.15) is 21.5 Å². The first kappa shape index (κ1) is 24.5. The molecule has 1 amide bonds. The van der Waals surface area contributed by atoms with Crippen molar-refractivity contribution in [1.29, 1.82) is 0 Å². The van der Waals surface area contributed by atoms with Gasteiger partial charge in [0.15, 0.2) is 0 Å². The number of para-hydroxylation sites is 2. The number of benzene rings is 3. The third-order valence-corrected chi connectivity index (χ3v) is 7.45. The van der Waals surface area contributed by atoms with Crippen molar-refractivity contribution in [2.75, 3.05) is 25.5 Å². The van der Waals surface area contributed by atoms with Gasteiger partial charge in [0, 0.05) is 36.8 Å². The Balaban J connectivity index is 1.95. The van der Waals surface area contributed by atoms with Crippen molar-refractivity contribution in [2.45, 2.75) is 18.4 Å². The van der Waals surface area contributed by atoms with Crippen LogP contribution in [0.4, 0.5) is 10.1 Å². The minimum atomic E-state index is -3.99. The molecule has 0 bridgehead atoms. The summed E-state index contributed by atoms with van der Waals surface area (Å²) < 4.78 is 47.2. The van der Waals surface area contributed by atoms with Gasteiger partial charge in [-0.1, -0.05) is 35.9 Å². The summed E-state index contributed by atoms with van der Waals surface area (Å²) in [4.78, 5) is 14.4. The van der Waals surface area contributed by atoms with Gasteiger partial charge in [-0.3, -0.25) is 9.10 Å². The Hall–Kier alpha value is -3.10. The predicted molar refractivity (Wildman–Crippen MR) is 127 cm³/mol. The first-order valence-corrected chi connectivity index (χ1v) is 11.8. The number of methoxy groups -OCH3 is 1. The summed E-state index contributed by atoms with van der Waals surface area (Å²) in [6.07, 6.45) is 0. The van der Waals surface area contributed by atoms with Crippen molar-refractivity contribution in [3.8, 4) is 5.75 Å². The fourth-order valence-corrected chi connectivity index (χ4v) is 4.82. The van der Waals surface area contributed by atoms with Crippen LogP contribution < -0.4 is 9.04 Å². The highest BCUT2D eigenvalue weighted by molar-refractivity contribution is 7.92. The van der Waals surface area contributed by atoms with Crippen LogP contribution >= 0.6 is 11.6 Å². The van der Waals surface area contributed by atoms with Crippen LogP contribution in [0.3, 0.4) is 0 Å². The molecule has 174 valence electrons. The lowest BCUT2D eigenvalue weighted by molar-refractivity contribution is 0.0783. The van der Waals surface area contributed by atoms with Gasteiger partial charge in [0.05, 0.1) is 17.7 Å². The number of hydrogen-bond acceptors (Lipinski definition) is 4. The lowest BCUT2D eigenvalue weighted by Gasteiger charge is -2.23. The SMILES string of the molecule is COc1ccccc1N(C)S(=O)(=O)c1ccc(C)c(C(=O)N(C)Cc2c(F)cccc2Cl)c1. The van der Waals surface area contributed by atoms with Crippen molar-refractivity contribution >= 4 is 33.2 Å². The van der Waals surface area contributed by atoms with Crippen molar-refractivity contribution in [3.05, 3.63) is 88.2 Å². The molecule has 0 aliphatic carbocycles. The van der Waals surface area contributed by atoms with E-state index in [4.69, 9.17) is 16.3 Å². The van der Waals surface area contributed by atoms with E-state index in [1.54, 1.807) is 43.3 Å². The van der Waals surface area contributed by atoms with E-state index < -0.39 is 21.7 Å². The van der Waals surface area contributed by atoms with Crippen molar-refractivity contribution < 1.29 is 22.3 Å². The van der Waals surface area contributed by atoms with Gasteiger partial charge in [0.25, 0.3) is 15.9 Å². The Labute approximate surface area is 198 Å². The highest BCUT2D eigenvalue weighted by Crippen LogP contribution is 2.31. The lowest BCUT2D eigenvalue weighted by Crippen LogP contribution is -2.29. The summed E-state index contributed by atoms with van der Waals surface area (Å²) in [5.74, 6) is -0.578. The average molecular weight is 491 g/mol. The highest BCUT2D eigenvalue weighted by Gasteiger charge is 2.26. The van der Waals surface area contributed by atoms with E-state index in [0.29, 0.717) is 17.0 Å². The van der Waals surface area contributed by atoms with E-state index in [9.17, 15) is 17.6 Å². The molecule has 0 unspecified atom stereocenters. The van der Waals surface area contributed by atoms with Gasteiger partial charge in [0.1, 0.15) is 11.6 Å². The summed E-state index contributed by atoms with van der Waals surface area (Å²) >= 11 is 6.09. The monoisotopic (exact) mass is 490 g/mol. The van der Waals surface area contributed by atoms with Gasteiger partial charge in [0.2, 0.25) is 0 Å². The number of aryl methyl sites for hydroxylation is 1. The molecule has 0 saturated carbocycles. The molecule has 9 heteroatoms. The van der Waals surface area contributed by atoms with Gasteiger partial charge in [-0.15, -0.1) is 0 Å². The summed E-state index contributed by atoms with van der Waals surface area (Å²) in [6.45, 7) is 1.64. The van der Waals surface area contributed by atoms with E-state index in [-0.39, 0.29) is 27.6 Å². The van der Waals surface area contributed by atoms with E-state index in [2.05, 4.69) is 0 Å². The minimum Gasteiger partial charge on any atom is -0.495 e. The number of rotatable bonds is 7. The third-order valence-electron chi connectivity index (χ3n) is 5.33. The van der Waals surface area contributed by atoms with Gasteiger partial charge >= 0.3 is 0 Å². The lowest BCUT2D eigenvalue weighted by atomic mass is 10.1. The molecule has 0 aliphatic heterocycles. The van der Waals surface area contributed by atoms with Crippen molar-refractivity contribution in [1.82, 2.24) is 4.90 Å². The highest BCUT2D eigenvalue weighted by atomic mass is 35.5.